The van der Waals surface area contributed by atoms with Gasteiger partial charge in [-0.3, -0.25) is 9.89 Å². The molecule has 0 fully saturated rings. The van der Waals surface area contributed by atoms with E-state index in [4.69, 9.17) is 0 Å². The molecule has 0 aromatic carbocycles. The highest BCUT2D eigenvalue weighted by Gasteiger charge is 2.19. The van der Waals surface area contributed by atoms with Crippen molar-refractivity contribution in [3.8, 4) is 0 Å². The van der Waals surface area contributed by atoms with Crippen LogP contribution in [0.5, 0.6) is 0 Å². The van der Waals surface area contributed by atoms with Crippen LogP contribution < -0.4 is 5.32 Å². The van der Waals surface area contributed by atoms with Crippen molar-refractivity contribution < 1.29 is 4.58 Å². The summed E-state index contributed by atoms with van der Waals surface area (Å²) >= 11 is 0. The maximum atomic E-state index is 3.69. The first-order chi connectivity index (χ1) is 20.4. The van der Waals surface area contributed by atoms with Crippen molar-refractivity contribution in [3.05, 3.63) is 24.3 Å². The molecule has 0 aromatic rings. The third-order valence-corrected chi connectivity index (χ3v) is 8.96. The van der Waals surface area contributed by atoms with E-state index in [1.165, 1.54) is 199 Å². The van der Waals surface area contributed by atoms with Crippen molar-refractivity contribution in [2.45, 2.75) is 200 Å². The van der Waals surface area contributed by atoms with E-state index >= 15 is 0 Å². The number of nitrogens with zero attached hydrogens (tertiary/aromatic N) is 1. The van der Waals surface area contributed by atoms with Gasteiger partial charge in [0.1, 0.15) is 13.1 Å². The molecule has 0 radical (unpaired) electrons. The average molecular weight is 572 g/mol. The van der Waals surface area contributed by atoms with Crippen LogP contribution in [0.4, 0.5) is 0 Å². The number of allylic oxidation sites excluding steroid dienone is 4. The lowest BCUT2D eigenvalue weighted by Gasteiger charge is -2.05. The van der Waals surface area contributed by atoms with E-state index in [1.54, 1.807) is 5.84 Å². The monoisotopic (exact) mass is 572 g/mol. The Labute approximate surface area is 259 Å². The highest BCUT2D eigenvalue weighted by atomic mass is 15.2. The van der Waals surface area contributed by atoms with Crippen LogP contribution in [0, 0.1) is 0 Å². The number of nitrogens with one attached hydrogen (secondary N) is 1. The van der Waals surface area contributed by atoms with Crippen LogP contribution in [-0.4, -0.2) is 30.0 Å². The van der Waals surface area contributed by atoms with Crippen LogP contribution in [-0.2, 0) is 0 Å². The third kappa shape index (κ3) is 26.3. The first kappa shape index (κ1) is 38.0. The second kappa shape index (κ2) is 31.9. The van der Waals surface area contributed by atoms with E-state index in [0.717, 1.165) is 6.54 Å². The summed E-state index contributed by atoms with van der Waals surface area (Å²) in [5, 5.41) is 3.69. The average Bonchev–Trinajstić information content (AvgIpc) is 3.43. The molecule has 41 heavy (non-hydrogen) atoms. The Morgan fingerprint density at radius 1 is 0.463 bits per heavy atom. The fourth-order valence-electron chi connectivity index (χ4n) is 6.17. The maximum absolute atomic E-state index is 3.69. The Morgan fingerprint density at radius 2 is 0.829 bits per heavy atom. The van der Waals surface area contributed by atoms with Crippen molar-refractivity contribution in [2.75, 3.05) is 19.6 Å². The summed E-state index contributed by atoms with van der Waals surface area (Å²) in [7, 11) is 0. The molecular formula is C39H75N2+. The molecule has 1 N–H and O–H groups in total. The van der Waals surface area contributed by atoms with E-state index in [-0.39, 0.29) is 0 Å². The van der Waals surface area contributed by atoms with Crippen LogP contribution in [0.25, 0.3) is 0 Å². The minimum atomic E-state index is 1.16. The van der Waals surface area contributed by atoms with Gasteiger partial charge in [-0.25, -0.2) is 0 Å². The van der Waals surface area contributed by atoms with Gasteiger partial charge in [0.05, 0.1) is 6.54 Å². The molecule has 2 heteroatoms. The number of rotatable bonds is 32. The van der Waals surface area contributed by atoms with Crippen molar-refractivity contribution in [2.24, 2.45) is 0 Å². The topological polar surface area (TPSA) is 15.0 Å². The second-order valence-corrected chi connectivity index (χ2v) is 13.0. The molecule has 1 aliphatic heterocycles. The van der Waals surface area contributed by atoms with Gasteiger partial charge < -0.3 is 0 Å². The van der Waals surface area contributed by atoms with Gasteiger partial charge in [-0.05, 0) is 70.6 Å². The zero-order valence-corrected chi connectivity index (χ0v) is 28.4. The summed E-state index contributed by atoms with van der Waals surface area (Å²) in [5.41, 5.74) is 0. The summed E-state index contributed by atoms with van der Waals surface area (Å²) in [5.74, 6) is 1.55. The van der Waals surface area contributed by atoms with Gasteiger partial charge in [0, 0.05) is 6.42 Å². The lowest BCUT2D eigenvalue weighted by molar-refractivity contribution is -0.519. The Hall–Kier alpha value is -1.05. The van der Waals surface area contributed by atoms with E-state index in [0.29, 0.717) is 0 Å². The van der Waals surface area contributed by atoms with Crippen LogP contribution in [0.2, 0.25) is 0 Å². The Kier molecular flexibility index (Phi) is 29.5. The molecule has 0 atom stereocenters. The highest BCUT2D eigenvalue weighted by Crippen LogP contribution is 2.13. The van der Waals surface area contributed by atoms with E-state index in [1.807, 2.05) is 0 Å². The first-order valence-corrected chi connectivity index (χ1v) is 19.0. The quantitative estimate of drug-likeness (QED) is 0.0482. The molecule has 0 unspecified atom stereocenters. The van der Waals surface area contributed by atoms with Gasteiger partial charge >= 0.3 is 0 Å². The molecule has 2 nitrogen and oxygen atoms in total. The normalized spacial score (nSPS) is 13.8. The zero-order valence-electron chi connectivity index (χ0n) is 28.4. The number of hydrogen-bond donors (Lipinski definition) is 1. The number of unbranched alkanes of at least 4 members (excludes halogenated alkanes) is 24. The molecule has 0 aliphatic carbocycles. The molecule has 0 aromatic heterocycles. The number of amidine groups is 1. The summed E-state index contributed by atoms with van der Waals surface area (Å²) in [6.45, 7) is 8.26. The molecule has 1 aliphatic rings. The van der Waals surface area contributed by atoms with E-state index in [2.05, 4.69) is 48.0 Å². The van der Waals surface area contributed by atoms with Gasteiger partial charge in [-0.1, -0.05) is 147 Å². The Morgan fingerprint density at radius 3 is 1.27 bits per heavy atom. The van der Waals surface area contributed by atoms with Gasteiger partial charge in [-0.15, -0.1) is 0 Å². The van der Waals surface area contributed by atoms with Crippen molar-refractivity contribution in [3.63, 3.8) is 0 Å². The zero-order chi connectivity index (χ0) is 29.3. The SMILES string of the molecule is CCCCCCCC/C=C\CCCCCCCCC1=[N+](CCCCCCCC/C=C\CCCCCCCC)CCN1. The van der Waals surface area contributed by atoms with Gasteiger partial charge in [-0.2, -0.15) is 0 Å². The molecule has 0 bridgehead atoms. The molecule has 240 valence electrons. The molecule has 0 saturated heterocycles. The van der Waals surface area contributed by atoms with Crippen molar-refractivity contribution in [1.82, 2.24) is 5.32 Å². The van der Waals surface area contributed by atoms with Gasteiger partial charge in [0.25, 0.3) is 0 Å². The Bertz CT molecular complexity index is 565. The van der Waals surface area contributed by atoms with Crippen LogP contribution in [0.1, 0.15) is 200 Å². The molecule has 0 spiro atoms. The largest absolute Gasteiger partial charge is 0.274 e. The summed E-state index contributed by atoms with van der Waals surface area (Å²) in [4.78, 5) is 0. The smallest absolute Gasteiger partial charge is 0.244 e. The lowest BCUT2D eigenvalue weighted by Crippen LogP contribution is -2.23. The van der Waals surface area contributed by atoms with Crippen LogP contribution in [0.3, 0.4) is 0 Å². The molecule has 0 amide bonds. The molecular weight excluding hydrogens is 496 g/mol. The molecule has 1 heterocycles. The van der Waals surface area contributed by atoms with Crippen LogP contribution in [0.15, 0.2) is 24.3 Å². The van der Waals surface area contributed by atoms with Crippen LogP contribution >= 0.6 is 0 Å². The molecule has 0 saturated carbocycles. The minimum absolute atomic E-state index is 1.16. The molecule has 1 rings (SSSR count). The number of hydrogen-bond acceptors (Lipinski definition) is 1. The standard InChI is InChI=1S/C39H74N2/c1-3-5-7-9-11-13-15-17-19-21-23-25-27-29-31-33-35-39-40-36-38-41(39)37-34-32-30-28-26-24-22-20-18-16-14-12-10-8-6-4-2/h17-20H,3-16,21-38H2,1-2H3/p+1/b19-17-,20-18-. The van der Waals surface area contributed by atoms with Crippen molar-refractivity contribution >= 4 is 5.84 Å². The summed E-state index contributed by atoms with van der Waals surface area (Å²) < 4.78 is 2.66. The Balaban J connectivity index is 1.87. The predicted octanol–water partition coefficient (Wildman–Crippen LogP) is 12.5. The highest BCUT2D eigenvalue weighted by molar-refractivity contribution is 5.78. The maximum Gasteiger partial charge on any atom is 0.244 e. The summed E-state index contributed by atoms with van der Waals surface area (Å²) in [6, 6.07) is 0. The van der Waals surface area contributed by atoms with Crippen molar-refractivity contribution in [1.29, 1.82) is 0 Å². The summed E-state index contributed by atoms with van der Waals surface area (Å²) in [6.07, 6.45) is 50.0. The van der Waals surface area contributed by atoms with Gasteiger partial charge in [0.15, 0.2) is 0 Å². The minimum Gasteiger partial charge on any atom is -0.274 e. The van der Waals surface area contributed by atoms with Gasteiger partial charge in [0.2, 0.25) is 5.84 Å². The van der Waals surface area contributed by atoms with E-state index < -0.39 is 0 Å². The fourth-order valence-corrected chi connectivity index (χ4v) is 6.17. The lowest BCUT2D eigenvalue weighted by atomic mass is 10.1. The van der Waals surface area contributed by atoms with E-state index in [9.17, 15) is 0 Å². The predicted molar refractivity (Wildman–Crippen MR) is 187 cm³/mol. The first-order valence-electron chi connectivity index (χ1n) is 19.0. The second-order valence-electron chi connectivity index (χ2n) is 13.0. The third-order valence-electron chi connectivity index (χ3n) is 8.96. The fraction of sp³-hybridized carbons (Fsp3) is 0.872.